The number of aromatic nitrogens is 3. The number of ether oxygens (including phenoxy) is 2. The molecule has 7 nitrogen and oxygen atoms in total. The Morgan fingerprint density at radius 1 is 1.33 bits per heavy atom. The van der Waals surface area contributed by atoms with Crippen LogP contribution in [0.3, 0.4) is 0 Å². The maximum absolute atomic E-state index is 12.1. The van der Waals surface area contributed by atoms with Crippen molar-refractivity contribution in [1.82, 2.24) is 19.9 Å². The minimum atomic E-state index is -0.445. The van der Waals surface area contributed by atoms with E-state index in [4.69, 9.17) is 9.47 Å². The normalized spacial score (nSPS) is 22.6. The van der Waals surface area contributed by atoms with Crippen LogP contribution in [0.2, 0.25) is 0 Å². The second kappa shape index (κ2) is 4.33. The molecule has 7 heteroatoms. The lowest BCUT2D eigenvalue weighted by molar-refractivity contribution is -0.181. The van der Waals surface area contributed by atoms with Crippen LogP contribution in [0.5, 0.6) is 0 Å². The fraction of sp³-hybridized carbons (Fsp3) is 0.727. The van der Waals surface area contributed by atoms with Crippen LogP contribution in [-0.4, -0.2) is 57.9 Å². The number of piperidine rings is 1. The molecule has 1 amide bonds. The van der Waals surface area contributed by atoms with Gasteiger partial charge >= 0.3 is 0 Å². The smallest absolute Gasteiger partial charge is 0.276 e. The lowest BCUT2D eigenvalue weighted by Gasteiger charge is -2.37. The molecule has 0 aliphatic carbocycles. The van der Waals surface area contributed by atoms with Crippen molar-refractivity contribution < 1.29 is 14.3 Å². The summed E-state index contributed by atoms with van der Waals surface area (Å²) in [5.74, 6) is -0.518. The maximum atomic E-state index is 12.1. The highest BCUT2D eigenvalue weighted by Crippen LogP contribution is 2.31. The summed E-state index contributed by atoms with van der Waals surface area (Å²) >= 11 is 0. The Bertz CT molecular complexity index is 443. The quantitative estimate of drug-likeness (QED) is 0.692. The SMILES string of the molecule is Cn1cc(C(=O)N2CCC3(CC2)OCCO3)nn1. The lowest BCUT2D eigenvalue weighted by atomic mass is 10.0. The van der Waals surface area contributed by atoms with Gasteiger partial charge in [0.2, 0.25) is 0 Å². The van der Waals surface area contributed by atoms with Gasteiger partial charge in [-0.05, 0) is 0 Å². The molecule has 2 saturated heterocycles. The van der Waals surface area contributed by atoms with E-state index in [1.807, 2.05) is 0 Å². The van der Waals surface area contributed by atoms with Gasteiger partial charge in [0.05, 0.1) is 19.4 Å². The standard InChI is InChI=1S/C11H16N4O3/c1-14-8-9(12-13-14)10(16)15-4-2-11(3-5-15)17-6-7-18-11/h8H,2-7H2,1H3. The van der Waals surface area contributed by atoms with Gasteiger partial charge in [-0.15, -0.1) is 5.10 Å². The molecule has 0 aromatic carbocycles. The van der Waals surface area contributed by atoms with E-state index >= 15 is 0 Å². The first-order chi connectivity index (χ1) is 8.69. The van der Waals surface area contributed by atoms with E-state index in [0.717, 1.165) is 12.8 Å². The number of rotatable bonds is 1. The minimum Gasteiger partial charge on any atom is -0.347 e. The van der Waals surface area contributed by atoms with Gasteiger partial charge in [-0.25, -0.2) is 0 Å². The van der Waals surface area contributed by atoms with Crippen LogP contribution in [0.1, 0.15) is 23.3 Å². The van der Waals surface area contributed by atoms with Gasteiger partial charge in [0, 0.05) is 33.0 Å². The summed E-state index contributed by atoms with van der Waals surface area (Å²) < 4.78 is 12.8. The highest BCUT2D eigenvalue weighted by Gasteiger charge is 2.41. The number of likely N-dealkylation sites (tertiary alicyclic amines) is 1. The Morgan fingerprint density at radius 3 is 2.56 bits per heavy atom. The molecule has 2 aliphatic heterocycles. The minimum absolute atomic E-state index is 0.0732. The molecule has 0 radical (unpaired) electrons. The molecule has 0 N–H and O–H groups in total. The summed E-state index contributed by atoms with van der Waals surface area (Å²) in [6.07, 6.45) is 3.08. The Labute approximate surface area is 105 Å². The van der Waals surface area contributed by atoms with Gasteiger partial charge in [-0.1, -0.05) is 5.21 Å². The van der Waals surface area contributed by atoms with E-state index < -0.39 is 5.79 Å². The zero-order chi connectivity index (χ0) is 12.6. The van der Waals surface area contributed by atoms with Crippen molar-refractivity contribution in [3.8, 4) is 0 Å². The molecule has 98 valence electrons. The first kappa shape index (κ1) is 11.6. The van der Waals surface area contributed by atoms with E-state index in [-0.39, 0.29) is 5.91 Å². The van der Waals surface area contributed by atoms with Gasteiger partial charge in [-0.3, -0.25) is 9.48 Å². The zero-order valence-corrected chi connectivity index (χ0v) is 10.3. The molecule has 1 aromatic rings. The summed E-state index contributed by atoms with van der Waals surface area (Å²) in [5.41, 5.74) is 0.390. The van der Waals surface area contributed by atoms with Crippen LogP contribution < -0.4 is 0 Å². The predicted octanol–water partition coefficient (Wildman–Crippen LogP) is -0.206. The van der Waals surface area contributed by atoms with E-state index in [1.165, 1.54) is 4.68 Å². The maximum Gasteiger partial charge on any atom is 0.276 e. The highest BCUT2D eigenvalue weighted by atomic mass is 16.7. The fourth-order valence-corrected chi connectivity index (χ4v) is 2.44. The summed E-state index contributed by atoms with van der Waals surface area (Å²) in [6, 6.07) is 0. The third kappa shape index (κ3) is 1.99. The molecular formula is C11H16N4O3. The molecule has 0 saturated carbocycles. The largest absolute Gasteiger partial charge is 0.347 e. The summed E-state index contributed by atoms with van der Waals surface area (Å²) in [6.45, 7) is 2.57. The second-order valence-corrected chi connectivity index (χ2v) is 4.68. The van der Waals surface area contributed by atoms with Crippen molar-refractivity contribution in [1.29, 1.82) is 0 Å². The average molecular weight is 252 g/mol. The number of hydrogen-bond donors (Lipinski definition) is 0. The van der Waals surface area contributed by atoms with Crippen LogP contribution in [0.25, 0.3) is 0 Å². The van der Waals surface area contributed by atoms with E-state index in [1.54, 1.807) is 18.1 Å². The third-order valence-electron chi connectivity index (χ3n) is 3.45. The first-order valence-corrected chi connectivity index (χ1v) is 6.12. The third-order valence-corrected chi connectivity index (χ3v) is 3.45. The number of aryl methyl sites for hydroxylation is 1. The molecule has 18 heavy (non-hydrogen) atoms. The molecule has 1 spiro atoms. The molecule has 2 aliphatic rings. The summed E-state index contributed by atoms with van der Waals surface area (Å²) in [5, 5.41) is 7.61. The molecule has 0 unspecified atom stereocenters. The van der Waals surface area contributed by atoms with Crippen molar-refractivity contribution >= 4 is 5.91 Å². The molecule has 1 aromatic heterocycles. The van der Waals surface area contributed by atoms with Crippen molar-refractivity contribution in [2.24, 2.45) is 7.05 Å². The summed E-state index contributed by atoms with van der Waals surface area (Å²) in [7, 11) is 1.75. The molecule has 2 fully saturated rings. The Hall–Kier alpha value is -1.47. The molecule has 3 rings (SSSR count). The number of carbonyl (C=O) groups is 1. The van der Waals surface area contributed by atoms with Gasteiger partial charge in [-0.2, -0.15) is 0 Å². The lowest BCUT2D eigenvalue weighted by Crippen LogP contribution is -2.47. The molecule has 3 heterocycles. The predicted molar refractivity (Wildman–Crippen MR) is 60.8 cm³/mol. The van der Waals surface area contributed by atoms with Crippen LogP contribution in [0.15, 0.2) is 6.20 Å². The van der Waals surface area contributed by atoms with Gasteiger partial charge in [0.15, 0.2) is 11.5 Å². The number of carbonyl (C=O) groups excluding carboxylic acids is 1. The molecular weight excluding hydrogens is 236 g/mol. The Morgan fingerprint density at radius 2 is 2.00 bits per heavy atom. The average Bonchev–Trinajstić information content (AvgIpc) is 3.00. The van der Waals surface area contributed by atoms with Crippen molar-refractivity contribution in [2.75, 3.05) is 26.3 Å². The molecule has 0 bridgehead atoms. The fourth-order valence-electron chi connectivity index (χ4n) is 2.44. The Balaban J connectivity index is 1.64. The van der Waals surface area contributed by atoms with E-state index in [9.17, 15) is 4.79 Å². The van der Waals surface area contributed by atoms with Crippen molar-refractivity contribution in [2.45, 2.75) is 18.6 Å². The first-order valence-electron chi connectivity index (χ1n) is 6.12. The second-order valence-electron chi connectivity index (χ2n) is 4.68. The monoisotopic (exact) mass is 252 g/mol. The number of hydrogen-bond acceptors (Lipinski definition) is 5. The van der Waals surface area contributed by atoms with E-state index in [0.29, 0.717) is 32.0 Å². The zero-order valence-electron chi connectivity index (χ0n) is 10.3. The number of nitrogens with zero attached hydrogens (tertiary/aromatic N) is 4. The summed E-state index contributed by atoms with van der Waals surface area (Å²) in [4.78, 5) is 13.9. The van der Waals surface area contributed by atoms with Crippen LogP contribution in [0.4, 0.5) is 0 Å². The van der Waals surface area contributed by atoms with Crippen molar-refractivity contribution in [3.63, 3.8) is 0 Å². The Kier molecular flexibility index (Phi) is 2.79. The highest BCUT2D eigenvalue weighted by molar-refractivity contribution is 5.91. The topological polar surface area (TPSA) is 69.5 Å². The van der Waals surface area contributed by atoms with Gasteiger partial charge in [0.1, 0.15) is 0 Å². The van der Waals surface area contributed by atoms with Gasteiger partial charge in [0.25, 0.3) is 5.91 Å². The van der Waals surface area contributed by atoms with Crippen LogP contribution in [0, 0.1) is 0 Å². The number of amides is 1. The van der Waals surface area contributed by atoms with Crippen molar-refractivity contribution in [3.05, 3.63) is 11.9 Å². The van der Waals surface area contributed by atoms with Crippen LogP contribution >= 0.6 is 0 Å². The molecule has 0 atom stereocenters. The van der Waals surface area contributed by atoms with Gasteiger partial charge < -0.3 is 14.4 Å². The van der Waals surface area contributed by atoms with E-state index in [2.05, 4.69) is 10.3 Å². The van der Waals surface area contributed by atoms with Crippen LogP contribution in [-0.2, 0) is 16.5 Å².